The summed E-state index contributed by atoms with van der Waals surface area (Å²) in [6.07, 6.45) is 6.03. The summed E-state index contributed by atoms with van der Waals surface area (Å²) in [4.78, 5) is 18.6. The van der Waals surface area contributed by atoms with Crippen molar-refractivity contribution in [1.82, 2.24) is 14.5 Å². The van der Waals surface area contributed by atoms with Gasteiger partial charge >= 0.3 is 0 Å². The first kappa shape index (κ1) is 23.7. The van der Waals surface area contributed by atoms with Crippen molar-refractivity contribution in [3.8, 4) is 17.6 Å². The van der Waals surface area contributed by atoms with Gasteiger partial charge in [-0.3, -0.25) is 14.3 Å². The molecule has 1 fully saturated rings. The van der Waals surface area contributed by atoms with Gasteiger partial charge in [0.2, 0.25) is 0 Å². The highest BCUT2D eigenvalue weighted by Gasteiger charge is 2.20. The monoisotopic (exact) mass is 457 g/mol. The molecule has 0 radical (unpaired) electrons. The number of benzene rings is 2. The minimum absolute atomic E-state index is 0.425. The first-order valence-corrected chi connectivity index (χ1v) is 11.8. The van der Waals surface area contributed by atoms with Crippen LogP contribution in [0.3, 0.4) is 0 Å². The summed E-state index contributed by atoms with van der Waals surface area (Å²) < 4.78 is 1.28. The summed E-state index contributed by atoms with van der Waals surface area (Å²) in [6, 6.07) is 15.7. The second kappa shape index (κ2) is 11.1. The lowest BCUT2D eigenvalue weighted by molar-refractivity contribution is 0.126. The Morgan fingerprint density at radius 1 is 0.941 bits per heavy atom. The number of hydrogen-bond donors (Lipinski definition) is 2. The molecule has 6 heteroatoms. The standard InChI is InChI=1S/C28H31N3O3/c1-21(32)26(31-20-29-18-27(33)28(31)34)17-24-11-7-22(8-12-24)5-6-23-9-13-25(14-10-23)19-30-15-3-2-4-16-30/h7-14,18,20-21,26,32-33H,2-4,15-17,19H2,1H3. The first-order valence-electron chi connectivity index (χ1n) is 11.8. The fourth-order valence-electron chi connectivity index (χ4n) is 4.33. The van der Waals surface area contributed by atoms with Crippen LogP contribution >= 0.6 is 0 Å². The van der Waals surface area contributed by atoms with Crippen LogP contribution in [0, 0.1) is 11.8 Å². The summed E-state index contributed by atoms with van der Waals surface area (Å²) >= 11 is 0. The lowest BCUT2D eigenvalue weighted by Crippen LogP contribution is -2.32. The Labute approximate surface area is 200 Å². The van der Waals surface area contributed by atoms with E-state index in [1.54, 1.807) is 6.92 Å². The smallest absolute Gasteiger partial charge is 0.295 e. The summed E-state index contributed by atoms with van der Waals surface area (Å²) in [5.74, 6) is 6.00. The van der Waals surface area contributed by atoms with Crippen LogP contribution in [0.1, 0.15) is 54.5 Å². The fraction of sp³-hybridized carbons (Fsp3) is 0.357. The molecule has 176 valence electrons. The molecule has 2 N–H and O–H groups in total. The van der Waals surface area contributed by atoms with E-state index in [9.17, 15) is 15.0 Å². The Kier molecular flexibility index (Phi) is 7.79. The highest BCUT2D eigenvalue weighted by Crippen LogP contribution is 2.18. The minimum Gasteiger partial charge on any atom is -0.502 e. The largest absolute Gasteiger partial charge is 0.502 e. The van der Waals surface area contributed by atoms with Gasteiger partial charge in [-0.15, -0.1) is 0 Å². The Morgan fingerprint density at radius 3 is 2.12 bits per heavy atom. The maximum atomic E-state index is 12.2. The molecule has 0 aliphatic carbocycles. The number of hydrogen-bond acceptors (Lipinski definition) is 5. The first-order chi connectivity index (χ1) is 16.5. The Bertz CT molecular complexity index is 1200. The second-order valence-electron chi connectivity index (χ2n) is 8.98. The van der Waals surface area contributed by atoms with E-state index in [2.05, 4.69) is 46.0 Å². The van der Waals surface area contributed by atoms with Crippen LogP contribution in [0.4, 0.5) is 0 Å². The molecular formula is C28H31N3O3. The third-order valence-electron chi connectivity index (χ3n) is 6.31. The van der Waals surface area contributed by atoms with Crippen molar-refractivity contribution in [3.05, 3.63) is 93.7 Å². The number of piperidine rings is 1. The molecule has 0 saturated carbocycles. The third-order valence-corrected chi connectivity index (χ3v) is 6.31. The zero-order valence-corrected chi connectivity index (χ0v) is 19.5. The fourth-order valence-corrected chi connectivity index (χ4v) is 4.33. The van der Waals surface area contributed by atoms with Gasteiger partial charge in [-0.25, -0.2) is 4.98 Å². The molecule has 4 rings (SSSR count). The molecule has 0 spiro atoms. The van der Waals surface area contributed by atoms with Gasteiger partial charge in [-0.05, 0) is 74.7 Å². The molecule has 1 saturated heterocycles. The molecular weight excluding hydrogens is 426 g/mol. The van der Waals surface area contributed by atoms with Crippen LogP contribution < -0.4 is 5.56 Å². The average molecular weight is 458 g/mol. The van der Waals surface area contributed by atoms with Crippen molar-refractivity contribution in [2.75, 3.05) is 13.1 Å². The minimum atomic E-state index is -0.793. The van der Waals surface area contributed by atoms with Crippen molar-refractivity contribution < 1.29 is 10.2 Å². The SMILES string of the molecule is CC(O)C(Cc1ccc(C#Cc2ccc(CN3CCCCC3)cc2)cc1)n1cncc(O)c1=O. The van der Waals surface area contributed by atoms with Crippen molar-refractivity contribution in [3.63, 3.8) is 0 Å². The highest BCUT2D eigenvalue weighted by atomic mass is 16.3. The van der Waals surface area contributed by atoms with Crippen LogP contribution in [-0.4, -0.2) is 43.9 Å². The van der Waals surface area contributed by atoms with Crippen LogP contribution in [0.5, 0.6) is 5.75 Å². The van der Waals surface area contributed by atoms with Crippen LogP contribution in [0.2, 0.25) is 0 Å². The van der Waals surface area contributed by atoms with E-state index in [0.29, 0.717) is 6.42 Å². The van der Waals surface area contributed by atoms with Gasteiger partial charge in [0.25, 0.3) is 5.56 Å². The maximum absolute atomic E-state index is 12.2. The number of aliphatic hydroxyl groups excluding tert-OH is 1. The van der Waals surface area contributed by atoms with Gasteiger partial charge in [0.1, 0.15) is 0 Å². The molecule has 6 nitrogen and oxygen atoms in total. The summed E-state index contributed by atoms with van der Waals surface area (Å²) in [7, 11) is 0. The number of rotatable bonds is 6. The van der Waals surface area contributed by atoms with Crippen molar-refractivity contribution in [1.29, 1.82) is 0 Å². The van der Waals surface area contributed by atoms with Crippen LogP contribution in [-0.2, 0) is 13.0 Å². The van der Waals surface area contributed by atoms with E-state index in [-0.39, 0.29) is 0 Å². The summed E-state index contributed by atoms with van der Waals surface area (Å²) in [5.41, 5.74) is 3.59. The molecule has 1 aliphatic rings. The third kappa shape index (κ3) is 6.13. The maximum Gasteiger partial charge on any atom is 0.295 e. The van der Waals surface area contributed by atoms with E-state index in [4.69, 9.17) is 0 Å². The van der Waals surface area contributed by atoms with E-state index in [1.807, 2.05) is 24.3 Å². The number of nitrogens with zero attached hydrogens (tertiary/aromatic N) is 3. The molecule has 3 aromatic rings. The number of likely N-dealkylation sites (tertiary alicyclic amines) is 1. The zero-order valence-electron chi connectivity index (χ0n) is 19.5. The summed E-state index contributed by atoms with van der Waals surface area (Å²) in [6.45, 7) is 5.01. The van der Waals surface area contributed by atoms with Crippen molar-refractivity contribution >= 4 is 0 Å². The van der Waals surface area contributed by atoms with Gasteiger partial charge < -0.3 is 10.2 Å². The molecule has 34 heavy (non-hydrogen) atoms. The van der Waals surface area contributed by atoms with Gasteiger partial charge in [-0.1, -0.05) is 42.5 Å². The van der Waals surface area contributed by atoms with E-state index >= 15 is 0 Å². The predicted molar refractivity (Wildman–Crippen MR) is 133 cm³/mol. The van der Waals surface area contributed by atoms with Crippen molar-refractivity contribution in [2.45, 2.75) is 51.3 Å². The molecule has 2 unspecified atom stereocenters. The van der Waals surface area contributed by atoms with Gasteiger partial charge in [-0.2, -0.15) is 0 Å². The zero-order chi connectivity index (χ0) is 23.9. The lowest BCUT2D eigenvalue weighted by Gasteiger charge is -2.26. The molecule has 0 amide bonds. The molecule has 2 aromatic carbocycles. The van der Waals surface area contributed by atoms with E-state index < -0.39 is 23.5 Å². The Morgan fingerprint density at radius 2 is 1.53 bits per heavy atom. The molecule has 0 bridgehead atoms. The Balaban J connectivity index is 1.40. The van der Waals surface area contributed by atoms with E-state index in [1.165, 1.54) is 48.8 Å². The number of aromatic nitrogens is 2. The lowest BCUT2D eigenvalue weighted by atomic mass is 10.0. The summed E-state index contributed by atoms with van der Waals surface area (Å²) in [5, 5.41) is 19.9. The molecule has 1 aliphatic heterocycles. The van der Waals surface area contributed by atoms with Crippen molar-refractivity contribution in [2.24, 2.45) is 0 Å². The average Bonchev–Trinajstić information content (AvgIpc) is 2.85. The van der Waals surface area contributed by atoms with Gasteiger partial charge in [0.05, 0.1) is 24.7 Å². The van der Waals surface area contributed by atoms with Crippen LogP contribution in [0.15, 0.2) is 65.8 Å². The predicted octanol–water partition coefficient (Wildman–Crippen LogP) is 3.50. The number of aromatic hydroxyl groups is 1. The second-order valence-corrected chi connectivity index (χ2v) is 8.98. The van der Waals surface area contributed by atoms with Gasteiger partial charge in [0.15, 0.2) is 5.75 Å². The van der Waals surface area contributed by atoms with Gasteiger partial charge in [0, 0.05) is 17.7 Å². The van der Waals surface area contributed by atoms with Crippen LogP contribution in [0.25, 0.3) is 0 Å². The number of aliphatic hydroxyl groups is 1. The molecule has 1 aromatic heterocycles. The molecule has 2 heterocycles. The highest BCUT2D eigenvalue weighted by molar-refractivity contribution is 5.44. The Hall–Kier alpha value is -3.40. The quantitative estimate of drug-likeness (QED) is 0.554. The van der Waals surface area contributed by atoms with E-state index in [0.717, 1.165) is 29.4 Å². The normalized spacial score (nSPS) is 15.8. The molecule has 2 atom stereocenters. The topological polar surface area (TPSA) is 78.6 Å².